The van der Waals surface area contributed by atoms with Crippen LogP contribution in [0.25, 0.3) is 0 Å². The number of anilines is 1. The molecular weight excluding hydrogens is 384 g/mol. The Labute approximate surface area is 177 Å². The molecule has 1 amide bonds. The molecule has 0 aliphatic heterocycles. The average molecular weight is 416 g/mol. The number of methoxy groups -OCH3 is 2. The van der Waals surface area contributed by atoms with Gasteiger partial charge < -0.3 is 24.4 Å². The first-order chi connectivity index (χ1) is 14.2. The minimum Gasteiger partial charge on any atom is -0.493 e. The van der Waals surface area contributed by atoms with Crippen molar-refractivity contribution in [1.29, 1.82) is 0 Å². The van der Waals surface area contributed by atoms with Crippen molar-refractivity contribution in [3.05, 3.63) is 53.1 Å². The van der Waals surface area contributed by atoms with Gasteiger partial charge in [-0.05, 0) is 62.7 Å². The molecule has 7 nitrogen and oxygen atoms in total. The van der Waals surface area contributed by atoms with E-state index in [1.165, 1.54) is 0 Å². The molecule has 30 heavy (non-hydrogen) atoms. The first-order valence-electron chi connectivity index (χ1n) is 9.87. The van der Waals surface area contributed by atoms with Crippen LogP contribution in [-0.2, 0) is 16.1 Å². The quantitative estimate of drug-likeness (QED) is 0.614. The Kier molecular flexibility index (Phi) is 8.24. The number of nitrogens with one attached hydrogen (secondary N) is 2. The van der Waals surface area contributed by atoms with Crippen LogP contribution in [0.15, 0.2) is 36.4 Å². The van der Waals surface area contributed by atoms with Crippen LogP contribution in [0.1, 0.15) is 35.3 Å². The number of rotatable bonds is 9. The lowest BCUT2D eigenvalue weighted by molar-refractivity contribution is -0.885. The van der Waals surface area contributed by atoms with E-state index in [4.69, 9.17) is 14.2 Å². The molecule has 1 unspecified atom stereocenters. The number of carbonyl (C=O) groups is 2. The highest BCUT2D eigenvalue weighted by molar-refractivity contribution is 5.93. The molecule has 0 bridgehead atoms. The predicted molar refractivity (Wildman–Crippen MR) is 115 cm³/mol. The number of aryl methyl sites for hydroxylation is 1. The summed E-state index contributed by atoms with van der Waals surface area (Å²) in [5.74, 6) is 0.877. The van der Waals surface area contributed by atoms with Gasteiger partial charge in [-0.3, -0.25) is 4.79 Å². The highest BCUT2D eigenvalue weighted by Gasteiger charge is 2.15. The van der Waals surface area contributed by atoms with E-state index in [9.17, 15) is 9.59 Å². The Hall–Kier alpha value is -3.06. The minimum atomic E-state index is -0.377. The standard InChI is InChI=1S/C23H30N2O5/c1-15(2)30-23(27)17-7-9-19(10-8-17)24-22(26)14-25(4)13-18-12-21(29-6)20(28-5)11-16(18)3/h7-12,15H,13-14H2,1-6H3,(H,24,26)/p+1. The molecule has 1 atom stereocenters. The van der Waals surface area contributed by atoms with Crippen LogP contribution in [0.3, 0.4) is 0 Å². The third kappa shape index (κ3) is 6.49. The molecule has 0 heterocycles. The van der Waals surface area contributed by atoms with Crippen molar-refractivity contribution in [2.75, 3.05) is 33.1 Å². The van der Waals surface area contributed by atoms with Crippen LogP contribution < -0.4 is 19.7 Å². The second-order valence-electron chi connectivity index (χ2n) is 7.52. The van der Waals surface area contributed by atoms with Gasteiger partial charge in [0.05, 0.1) is 32.9 Å². The van der Waals surface area contributed by atoms with Crippen LogP contribution in [0.5, 0.6) is 11.5 Å². The molecule has 0 saturated heterocycles. The number of ether oxygens (including phenoxy) is 3. The summed E-state index contributed by atoms with van der Waals surface area (Å²) in [6.45, 7) is 6.57. The number of hydrogen-bond acceptors (Lipinski definition) is 5. The zero-order valence-electron chi connectivity index (χ0n) is 18.5. The maximum atomic E-state index is 12.4. The van der Waals surface area contributed by atoms with Gasteiger partial charge in [0, 0.05) is 11.3 Å². The van der Waals surface area contributed by atoms with E-state index in [0.717, 1.165) is 16.0 Å². The summed E-state index contributed by atoms with van der Waals surface area (Å²) in [6.07, 6.45) is -0.176. The normalized spacial score (nSPS) is 11.7. The Morgan fingerprint density at radius 2 is 1.63 bits per heavy atom. The van der Waals surface area contributed by atoms with Crippen molar-refractivity contribution in [2.45, 2.75) is 33.4 Å². The lowest BCUT2D eigenvalue weighted by atomic mass is 10.1. The topological polar surface area (TPSA) is 78.3 Å². The van der Waals surface area contributed by atoms with Crippen molar-refractivity contribution in [3.8, 4) is 11.5 Å². The van der Waals surface area contributed by atoms with E-state index in [-0.39, 0.29) is 18.0 Å². The number of quaternary nitrogens is 1. The van der Waals surface area contributed by atoms with Gasteiger partial charge in [0.15, 0.2) is 18.0 Å². The first-order valence-corrected chi connectivity index (χ1v) is 9.87. The number of benzene rings is 2. The molecule has 0 aliphatic carbocycles. The summed E-state index contributed by atoms with van der Waals surface area (Å²) in [5, 5.41) is 2.86. The van der Waals surface area contributed by atoms with Crippen molar-refractivity contribution in [1.82, 2.24) is 0 Å². The fourth-order valence-corrected chi connectivity index (χ4v) is 3.05. The maximum absolute atomic E-state index is 12.4. The molecule has 2 rings (SSSR count). The smallest absolute Gasteiger partial charge is 0.338 e. The summed E-state index contributed by atoms with van der Waals surface area (Å²) >= 11 is 0. The molecule has 0 aliphatic rings. The monoisotopic (exact) mass is 415 g/mol. The van der Waals surface area contributed by atoms with Crippen molar-refractivity contribution in [3.63, 3.8) is 0 Å². The van der Waals surface area contributed by atoms with Crippen LogP contribution in [0, 0.1) is 6.92 Å². The summed E-state index contributed by atoms with van der Waals surface area (Å²) in [6, 6.07) is 10.6. The molecule has 2 aromatic rings. The van der Waals surface area contributed by atoms with Crippen LogP contribution >= 0.6 is 0 Å². The van der Waals surface area contributed by atoms with Gasteiger partial charge in [-0.1, -0.05) is 0 Å². The Morgan fingerprint density at radius 3 is 2.20 bits per heavy atom. The van der Waals surface area contributed by atoms with Gasteiger partial charge in [-0.15, -0.1) is 0 Å². The number of esters is 1. The molecule has 0 fully saturated rings. The lowest BCUT2D eigenvalue weighted by Crippen LogP contribution is -3.08. The van der Waals surface area contributed by atoms with E-state index >= 15 is 0 Å². The zero-order valence-corrected chi connectivity index (χ0v) is 18.5. The van der Waals surface area contributed by atoms with Gasteiger partial charge in [0.1, 0.15) is 6.54 Å². The van der Waals surface area contributed by atoms with Gasteiger partial charge in [0.2, 0.25) is 0 Å². The SMILES string of the molecule is COc1cc(C)c(C[NH+](C)CC(=O)Nc2ccc(C(=O)OC(C)C)cc2)cc1OC. The third-order valence-electron chi connectivity index (χ3n) is 4.54. The molecule has 0 saturated carbocycles. The Balaban J connectivity index is 1.94. The molecule has 2 aromatic carbocycles. The van der Waals surface area contributed by atoms with Gasteiger partial charge >= 0.3 is 5.97 Å². The number of amides is 1. The van der Waals surface area contributed by atoms with E-state index < -0.39 is 0 Å². The third-order valence-corrected chi connectivity index (χ3v) is 4.54. The van der Waals surface area contributed by atoms with E-state index in [2.05, 4.69) is 5.32 Å². The highest BCUT2D eigenvalue weighted by Crippen LogP contribution is 2.29. The Morgan fingerprint density at radius 1 is 1.03 bits per heavy atom. The summed E-state index contributed by atoms with van der Waals surface area (Å²) in [7, 11) is 5.17. The largest absolute Gasteiger partial charge is 0.493 e. The number of carbonyl (C=O) groups excluding carboxylic acids is 2. The van der Waals surface area contributed by atoms with Crippen LogP contribution in [0.2, 0.25) is 0 Å². The van der Waals surface area contributed by atoms with Gasteiger partial charge in [0.25, 0.3) is 5.91 Å². The number of hydrogen-bond donors (Lipinski definition) is 2. The fourth-order valence-electron chi connectivity index (χ4n) is 3.05. The number of likely N-dealkylation sites (N-methyl/N-ethyl adjacent to an activating group) is 1. The van der Waals surface area contributed by atoms with Crippen LogP contribution in [-0.4, -0.2) is 45.8 Å². The molecule has 7 heteroatoms. The van der Waals surface area contributed by atoms with Gasteiger partial charge in [-0.2, -0.15) is 0 Å². The highest BCUT2D eigenvalue weighted by atomic mass is 16.5. The van der Waals surface area contributed by atoms with Crippen LogP contribution in [0.4, 0.5) is 5.69 Å². The lowest BCUT2D eigenvalue weighted by Gasteiger charge is -2.17. The predicted octanol–water partition coefficient (Wildman–Crippen LogP) is 2.23. The van der Waals surface area contributed by atoms with Crippen molar-refractivity contribution in [2.24, 2.45) is 0 Å². The molecular formula is C23H31N2O5+. The molecule has 0 spiro atoms. The second-order valence-corrected chi connectivity index (χ2v) is 7.52. The summed E-state index contributed by atoms with van der Waals surface area (Å²) < 4.78 is 15.9. The average Bonchev–Trinajstić information content (AvgIpc) is 2.68. The zero-order chi connectivity index (χ0) is 22.3. The summed E-state index contributed by atoms with van der Waals surface area (Å²) in [4.78, 5) is 25.3. The van der Waals surface area contributed by atoms with E-state index in [1.54, 1.807) is 52.3 Å². The molecule has 0 aromatic heterocycles. The molecule has 162 valence electrons. The van der Waals surface area contributed by atoms with E-state index in [1.807, 2.05) is 26.1 Å². The maximum Gasteiger partial charge on any atom is 0.338 e. The van der Waals surface area contributed by atoms with Gasteiger partial charge in [-0.25, -0.2) is 4.79 Å². The van der Waals surface area contributed by atoms with Crippen molar-refractivity contribution < 1.29 is 28.7 Å². The van der Waals surface area contributed by atoms with E-state index in [0.29, 0.717) is 35.8 Å². The Bertz CT molecular complexity index is 878. The van der Waals surface area contributed by atoms with Crippen molar-refractivity contribution >= 4 is 17.6 Å². The molecule has 2 N–H and O–H groups in total. The fraction of sp³-hybridized carbons (Fsp3) is 0.391. The molecule has 0 radical (unpaired) electrons. The summed E-state index contributed by atoms with van der Waals surface area (Å²) in [5.41, 5.74) is 3.26. The second kappa shape index (κ2) is 10.6. The minimum absolute atomic E-state index is 0.108. The first kappa shape index (κ1) is 23.2.